The number of benzene rings is 1. The molecule has 0 fully saturated rings. The zero-order valence-electron chi connectivity index (χ0n) is 17.9. The molecule has 0 bridgehead atoms. The summed E-state index contributed by atoms with van der Waals surface area (Å²) in [5.74, 6) is -0.167. The number of carbonyl (C=O) groups excluding carboxylic acids is 1. The van der Waals surface area contributed by atoms with Gasteiger partial charge < -0.3 is 16.0 Å². The number of halogens is 3. The van der Waals surface area contributed by atoms with Gasteiger partial charge in [0.05, 0.1) is 0 Å². The van der Waals surface area contributed by atoms with E-state index in [1.165, 1.54) is 38.5 Å². The van der Waals surface area contributed by atoms with Crippen LogP contribution in [0.2, 0.25) is 0 Å². The van der Waals surface area contributed by atoms with E-state index < -0.39 is 9.96 Å². The Morgan fingerprint density at radius 3 is 2.00 bits per heavy atom. The van der Waals surface area contributed by atoms with Crippen molar-refractivity contribution < 1.29 is 4.79 Å². The van der Waals surface area contributed by atoms with Crippen LogP contribution in [0, 0.1) is 6.92 Å². The third-order valence-corrected chi connectivity index (χ3v) is 5.60. The van der Waals surface area contributed by atoms with Crippen molar-refractivity contribution in [3.8, 4) is 0 Å². The summed E-state index contributed by atoms with van der Waals surface area (Å²) in [6.07, 6.45) is 10.2. The lowest BCUT2D eigenvalue weighted by Gasteiger charge is -2.27. The first-order chi connectivity index (χ1) is 14.2. The summed E-state index contributed by atoms with van der Waals surface area (Å²) in [4.78, 5) is 12.3. The molecule has 0 unspecified atom stereocenters. The second kappa shape index (κ2) is 15.1. The minimum Gasteiger partial charge on any atom is -0.339 e. The fraction of sp³-hybridized carbons (Fsp3) is 0.636. The van der Waals surface area contributed by atoms with Crippen LogP contribution in [0.4, 0.5) is 5.69 Å². The van der Waals surface area contributed by atoms with E-state index in [0.717, 1.165) is 30.5 Å². The molecule has 0 aliphatic rings. The minimum absolute atomic E-state index is 0.167. The summed E-state index contributed by atoms with van der Waals surface area (Å²) < 4.78 is -1.74. The molecule has 0 saturated heterocycles. The predicted molar refractivity (Wildman–Crippen MR) is 135 cm³/mol. The molecule has 1 aromatic rings. The second-order valence-electron chi connectivity index (χ2n) is 7.59. The predicted octanol–water partition coefficient (Wildman–Crippen LogP) is 7.01. The monoisotopic (exact) mass is 493 g/mol. The quantitative estimate of drug-likeness (QED) is 0.119. The molecule has 0 spiro atoms. The number of hydrogen-bond donors (Lipinski definition) is 3. The van der Waals surface area contributed by atoms with Crippen molar-refractivity contribution in [2.75, 3.05) is 5.32 Å². The highest BCUT2D eigenvalue weighted by Gasteiger charge is 2.34. The van der Waals surface area contributed by atoms with Crippen molar-refractivity contribution in [3.63, 3.8) is 0 Å². The number of unbranched alkanes of at least 4 members (excludes halogenated alkanes) is 8. The van der Waals surface area contributed by atoms with E-state index in [9.17, 15) is 4.79 Å². The van der Waals surface area contributed by atoms with E-state index in [1.807, 2.05) is 31.2 Å². The molecule has 0 saturated carbocycles. The van der Waals surface area contributed by atoms with Crippen molar-refractivity contribution in [3.05, 3.63) is 29.8 Å². The van der Waals surface area contributed by atoms with Gasteiger partial charge in [-0.05, 0) is 37.7 Å². The van der Waals surface area contributed by atoms with Gasteiger partial charge in [-0.3, -0.25) is 4.79 Å². The maximum absolute atomic E-state index is 12.3. The van der Waals surface area contributed by atoms with Crippen molar-refractivity contribution in [2.24, 2.45) is 0 Å². The third kappa shape index (κ3) is 12.8. The first-order valence-corrected chi connectivity index (χ1v) is 12.3. The van der Waals surface area contributed by atoms with Crippen LogP contribution in [-0.4, -0.2) is 21.0 Å². The maximum atomic E-state index is 12.3. The highest BCUT2D eigenvalue weighted by atomic mass is 35.6. The van der Waals surface area contributed by atoms with Crippen molar-refractivity contribution in [1.29, 1.82) is 0 Å². The van der Waals surface area contributed by atoms with Crippen LogP contribution in [0.25, 0.3) is 0 Å². The van der Waals surface area contributed by atoms with E-state index >= 15 is 0 Å². The number of thiocarbonyl (C=S) groups is 1. The van der Waals surface area contributed by atoms with Crippen LogP contribution in [0.5, 0.6) is 0 Å². The molecule has 1 rings (SSSR count). The Morgan fingerprint density at radius 2 is 1.47 bits per heavy atom. The topological polar surface area (TPSA) is 53.2 Å². The van der Waals surface area contributed by atoms with Gasteiger partial charge in [0.2, 0.25) is 9.70 Å². The van der Waals surface area contributed by atoms with E-state index in [2.05, 4.69) is 22.9 Å². The Balaban J connectivity index is 2.33. The first-order valence-electron chi connectivity index (χ1n) is 10.7. The molecular formula is C22H34Cl3N3OS. The maximum Gasteiger partial charge on any atom is 0.228 e. The van der Waals surface area contributed by atoms with Crippen molar-refractivity contribution in [2.45, 2.75) is 88.0 Å². The molecule has 30 heavy (non-hydrogen) atoms. The number of aryl methyl sites for hydroxylation is 1. The highest BCUT2D eigenvalue weighted by molar-refractivity contribution is 7.80. The lowest BCUT2D eigenvalue weighted by molar-refractivity contribution is -0.122. The molecule has 3 N–H and O–H groups in total. The number of nitrogens with one attached hydrogen (secondary N) is 3. The Hall–Kier alpha value is -0.750. The van der Waals surface area contributed by atoms with Crippen LogP contribution in [0.1, 0.15) is 76.7 Å². The van der Waals surface area contributed by atoms with Gasteiger partial charge in [0.25, 0.3) is 0 Å². The van der Waals surface area contributed by atoms with Gasteiger partial charge in [0, 0.05) is 12.1 Å². The lowest BCUT2D eigenvalue weighted by atomic mass is 10.1. The Bertz CT molecular complexity index is 636. The number of hydrogen-bond acceptors (Lipinski definition) is 2. The van der Waals surface area contributed by atoms with Gasteiger partial charge in [-0.2, -0.15) is 0 Å². The average molecular weight is 495 g/mol. The standard InChI is InChI=1S/C22H34Cl3N3OS/c1-3-4-5-6-7-8-9-10-11-12-19(29)27-20(22(23,24)25)28-21(30)26-18-15-13-17(2)14-16-18/h13-16,20H,3-12H2,1-2H3,(H,27,29)(H2,26,28,30)/t20-/m1/s1. The molecule has 1 amide bonds. The second-order valence-corrected chi connectivity index (χ2v) is 10.4. The summed E-state index contributed by atoms with van der Waals surface area (Å²) in [5.41, 5.74) is 1.95. The number of carbonyl (C=O) groups is 1. The normalized spacial score (nSPS) is 12.3. The summed E-state index contributed by atoms with van der Waals surface area (Å²) >= 11 is 23.4. The molecule has 8 heteroatoms. The van der Waals surface area contributed by atoms with Crippen molar-refractivity contribution >= 4 is 63.7 Å². The fourth-order valence-electron chi connectivity index (χ4n) is 2.96. The SMILES string of the molecule is CCCCCCCCCCCC(=O)N[C@H](NC(=S)Nc1ccc(C)cc1)C(Cl)(Cl)Cl. The number of anilines is 1. The molecule has 1 atom stereocenters. The number of amides is 1. The van der Waals surface area contributed by atoms with E-state index in [1.54, 1.807) is 0 Å². The first kappa shape index (κ1) is 27.3. The molecule has 0 radical (unpaired) electrons. The average Bonchev–Trinajstić information content (AvgIpc) is 2.67. The van der Waals surface area contributed by atoms with Crippen LogP contribution in [0.3, 0.4) is 0 Å². The molecule has 1 aromatic carbocycles. The Kier molecular flexibility index (Phi) is 13.7. The van der Waals surface area contributed by atoms with Crippen LogP contribution in [-0.2, 0) is 4.79 Å². The highest BCUT2D eigenvalue weighted by Crippen LogP contribution is 2.29. The van der Waals surface area contributed by atoms with E-state index in [-0.39, 0.29) is 11.0 Å². The van der Waals surface area contributed by atoms with Crippen molar-refractivity contribution in [1.82, 2.24) is 10.6 Å². The molecule has 170 valence electrons. The molecule has 0 aromatic heterocycles. The molecular weight excluding hydrogens is 461 g/mol. The molecule has 0 aliphatic carbocycles. The van der Waals surface area contributed by atoms with Gasteiger partial charge in [0.1, 0.15) is 6.17 Å². The number of alkyl halides is 3. The summed E-state index contributed by atoms with van der Waals surface area (Å²) in [7, 11) is 0. The lowest BCUT2D eigenvalue weighted by Crippen LogP contribution is -2.56. The largest absolute Gasteiger partial charge is 0.339 e. The molecule has 0 aliphatic heterocycles. The number of rotatable bonds is 13. The Labute approximate surface area is 201 Å². The van der Waals surface area contributed by atoms with Gasteiger partial charge in [-0.1, -0.05) is 111 Å². The van der Waals surface area contributed by atoms with Crippen LogP contribution in [0.15, 0.2) is 24.3 Å². The Morgan fingerprint density at radius 1 is 0.933 bits per heavy atom. The van der Waals surface area contributed by atoms with Gasteiger partial charge in [-0.15, -0.1) is 0 Å². The zero-order chi connectivity index (χ0) is 22.4. The zero-order valence-corrected chi connectivity index (χ0v) is 21.0. The third-order valence-electron chi connectivity index (χ3n) is 4.72. The van der Waals surface area contributed by atoms with Crippen LogP contribution >= 0.6 is 47.0 Å². The summed E-state index contributed by atoms with van der Waals surface area (Å²) in [6.45, 7) is 4.23. The summed E-state index contributed by atoms with van der Waals surface area (Å²) in [6, 6.07) is 7.72. The smallest absolute Gasteiger partial charge is 0.228 e. The van der Waals surface area contributed by atoms with Gasteiger partial charge in [0.15, 0.2) is 5.11 Å². The van der Waals surface area contributed by atoms with Gasteiger partial charge >= 0.3 is 0 Å². The molecule has 0 heterocycles. The fourth-order valence-corrected chi connectivity index (χ4v) is 3.53. The minimum atomic E-state index is -1.74. The van der Waals surface area contributed by atoms with Crippen LogP contribution < -0.4 is 16.0 Å². The van der Waals surface area contributed by atoms with Gasteiger partial charge in [-0.25, -0.2) is 0 Å². The summed E-state index contributed by atoms with van der Waals surface area (Å²) in [5, 5.41) is 8.90. The molecule has 4 nitrogen and oxygen atoms in total. The van der Waals surface area contributed by atoms with E-state index in [4.69, 9.17) is 47.0 Å². The van der Waals surface area contributed by atoms with E-state index in [0.29, 0.717) is 6.42 Å².